The summed E-state index contributed by atoms with van der Waals surface area (Å²) in [5.74, 6) is -0.393. The number of hydrogen-bond donors (Lipinski definition) is 2. The van der Waals surface area contributed by atoms with Crippen LogP contribution < -0.4 is 5.32 Å². The van der Waals surface area contributed by atoms with Crippen LogP contribution in [0, 0.1) is 12.8 Å². The molecule has 0 radical (unpaired) electrons. The Balaban J connectivity index is 1.20. The molecule has 3 heterocycles. The molecule has 1 aliphatic carbocycles. The lowest BCUT2D eigenvalue weighted by Crippen LogP contribution is -2.23. The number of aliphatic carboxylic acids is 1. The van der Waals surface area contributed by atoms with E-state index in [1.54, 1.807) is 18.6 Å². The first-order chi connectivity index (χ1) is 19.6. The molecule has 0 atom stereocenters. The van der Waals surface area contributed by atoms with Crippen molar-refractivity contribution in [3.63, 3.8) is 0 Å². The van der Waals surface area contributed by atoms with Crippen LogP contribution in [0.2, 0.25) is 0 Å². The summed E-state index contributed by atoms with van der Waals surface area (Å²) in [5, 5.41) is 21.3. The van der Waals surface area contributed by atoms with Crippen LogP contribution in [-0.2, 0) is 16.8 Å². The van der Waals surface area contributed by atoms with E-state index in [-0.39, 0.29) is 23.3 Å². The molecule has 2 N–H and O–H groups in total. The summed E-state index contributed by atoms with van der Waals surface area (Å²) in [6.45, 7) is 8.23. The maximum Gasteiger partial charge on any atom is 0.306 e. The zero-order valence-corrected chi connectivity index (χ0v) is 24.0. The molecule has 41 heavy (non-hydrogen) atoms. The van der Waals surface area contributed by atoms with E-state index in [0.717, 1.165) is 40.9 Å². The van der Waals surface area contributed by atoms with E-state index in [1.165, 1.54) is 0 Å². The van der Waals surface area contributed by atoms with E-state index in [0.29, 0.717) is 37.2 Å². The van der Waals surface area contributed by atoms with Gasteiger partial charge in [-0.25, -0.2) is 9.97 Å². The molecule has 0 amide bonds. The van der Waals surface area contributed by atoms with Gasteiger partial charge in [0.1, 0.15) is 0 Å². The summed E-state index contributed by atoms with van der Waals surface area (Å²) >= 11 is 0. The lowest BCUT2D eigenvalue weighted by atomic mass is 9.86. The van der Waals surface area contributed by atoms with Crippen molar-refractivity contribution < 1.29 is 14.7 Å². The minimum atomic E-state index is -0.705. The van der Waals surface area contributed by atoms with Gasteiger partial charge in [-0.2, -0.15) is 10.2 Å². The number of carbonyl (C=O) groups is 2. The molecule has 3 aromatic heterocycles. The van der Waals surface area contributed by atoms with Crippen molar-refractivity contribution >= 4 is 23.4 Å². The van der Waals surface area contributed by atoms with Crippen LogP contribution in [-0.4, -0.2) is 46.4 Å². The maximum absolute atomic E-state index is 12.8. The number of anilines is 2. The van der Waals surface area contributed by atoms with Gasteiger partial charge in [0.25, 0.3) is 0 Å². The summed E-state index contributed by atoms with van der Waals surface area (Å²) in [5.41, 5.74) is 5.27. The third kappa shape index (κ3) is 6.70. The Morgan fingerprint density at radius 1 is 1.05 bits per heavy atom. The smallest absolute Gasteiger partial charge is 0.306 e. The Bertz CT molecular complexity index is 1540. The number of nitrogens with one attached hydrogen (secondary N) is 1. The number of rotatable bonds is 9. The molecule has 0 saturated heterocycles. The Labute approximate surface area is 239 Å². The Hall–Kier alpha value is -4.34. The lowest BCUT2D eigenvalue weighted by molar-refractivity contribution is -0.143. The third-order valence-corrected chi connectivity index (χ3v) is 7.78. The third-order valence-electron chi connectivity index (χ3n) is 7.78. The van der Waals surface area contributed by atoms with Gasteiger partial charge >= 0.3 is 5.97 Å². The zero-order valence-electron chi connectivity index (χ0n) is 24.0. The maximum atomic E-state index is 12.8. The number of aryl methyl sites for hydroxylation is 2. The highest BCUT2D eigenvalue weighted by atomic mass is 16.4. The first kappa shape index (κ1) is 28.2. The summed E-state index contributed by atoms with van der Waals surface area (Å²) < 4.78 is 3.74. The topological polar surface area (TPSA) is 128 Å². The second-order valence-electron chi connectivity index (χ2n) is 11.9. The van der Waals surface area contributed by atoms with Crippen LogP contribution in [0.25, 0.3) is 11.3 Å². The number of aromatic nitrogens is 6. The average Bonchev–Trinajstić information content (AvgIpc) is 3.63. The number of benzene rings is 1. The SMILES string of the molecule is Cc1cc(-c2ccnc(Nc3cnn(C4CCC(C(=O)O)CC4)c3)n2)ccc1CCC(=O)c1cnn(C(C)(C)C)c1. The van der Waals surface area contributed by atoms with Gasteiger partial charge in [0.15, 0.2) is 5.78 Å². The summed E-state index contributed by atoms with van der Waals surface area (Å²) in [4.78, 5) is 33.1. The van der Waals surface area contributed by atoms with Crippen LogP contribution in [0.5, 0.6) is 0 Å². The molecular weight excluding hydrogens is 518 g/mol. The number of nitrogens with zero attached hydrogens (tertiary/aromatic N) is 6. The summed E-state index contributed by atoms with van der Waals surface area (Å²) in [7, 11) is 0. The standard InChI is InChI=1S/C31H37N7O3/c1-20-15-23(6-5-21(20)9-12-28(39)24-16-34-38(18-24)31(2,3)4)27-13-14-32-30(36-27)35-25-17-33-37(19-25)26-10-7-22(8-11-26)29(40)41/h5-6,13-19,22,26H,7-12H2,1-4H3,(H,40,41)(H,32,35,36). The van der Waals surface area contributed by atoms with E-state index in [1.807, 2.05) is 33.9 Å². The second-order valence-corrected chi connectivity index (χ2v) is 11.9. The molecule has 1 saturated carbocycles. The Morgan fingerprint density at radius 3 is 2.51 bits per heavy atom. The summed E-state index contributed by atoms with van der Waals surface area (Å²) in [6.07, 6.45) is 12.9. The van der Waals surface area contributed by atoms with E-state index in [9.17, 15) is 14.7 Å². The van der Waals surface area contributed by atoms with Crippen molar-refractivity contribution in [3.8, 4) is 11.3 Å². The minimum absolute atomic E-state index is 0.0896. The fourth-order valence-electron chi connectivity index (χ4n) is 5.26. The van der Waals surface area contributed by atoms with Crippen LogP contribution >= 0.6 is 0 Å². The average molecular weight is 556 g/mol. The highest BCUT2D eigenvalue weighted by Gasteiger charge is 2.27. The number of hydrogen-bond acceptors (Lipinski definition) is 7. The van der Waals surface area contributed by atoms with Crippen molar-refractivity contribution in [2.24, 2.45) is 5.92 Å². The Morgan fingerprint density at radius 2 is 1.83 bits per heavy atom. The summed E-state index contributed by atoms with van der Waals surface area (Å²) in [6, 6.07) is 8.26. The van der Waals surface area contributed by atoms with Gasteiger partial charge in [0.05, 0.1) is 46.8 Å². The molecule has 0 spiro atoms. The monoisotopic (exact) mass is 555 g/mol. The first-order valence-electron chi connectivity index (χ1n) is 14.1. The second kappa shape index (κ2) is 11.6. The van der Waals surface area contributed by atoms with Crippen LogP contribution in [0.15, 0.2) is 55.2 Å². The van der Waals surface area contributed by atoms with E-state index >= 15 is 0 Å². The van der Waals surface area contributed by atoms with Gasteiger partial charge in [-0.05, 0) is 83.1 Å². The highest BCUT2D eigenvalue weighted by molar-refractivity contribution is 5.95. The minimum Gasteiger partial charge on any atom is -0.481 e. The van der Waals surface area contributed by atoms with E-state index < -0.39 is 5.97 Å². The van der Waals surface area contributed by atoms with Crippen molar-refractivity contribution in [3.05, 3.63) is 71.9 Å². The first-order valence-corrected chi connectivity index (χ1v) is 14.1. The molecule has 10 nitrogen and oxygen atoms in total. The molecule has 214 valence electrons. The molecule has 10 heteroatoms. The number of Topliss-reactive ketones (excluding diaryl/α,β-unsaturated/α-hetero) is 1. The lowest BCUT2D eigenvalue weighted by Gasteiger charge is -2.26. The van der Waals surface area contributed by atoms with E-state index in [4.69, 9.17) is 4.98 Å². The molecule has 1 fully saturated rings. The van der Waals surface area contributed by atoms with E-state index in [2.05, 4.69) is 60.3 Å². The largest absolute Gasteiger partial charge is 0.481 e. The molecular formula is C31H37N7O3. The fraction of sp³-hybridized carbons (Fsp3) is 0.419. The molecule has 1 aliphatic rings. The highest BCUT2D eigenvalue weighted by Crippen LogP contribution is 2.32. The van der Waals surface area contributed by atoms with Gasteiger partial charge in [-0.1, -0.05) is 12.1 Å². The van der Waals surface area contributed by atoms with Gasteiger partial charge in [-0.3, -0.25) is 19.0 Å². The fourth-order valence-corrected chi connectivity index (χ4v) is 5.26. The molecule has 5 rings (SSSR count). The predicted molar refractivity (Wildman–Crippen MR) is 156 cm³/mol. The Kier molecular flexibility index (Phi) is 8.01. The van der Waals surface area contributed by atoms with Crippen molar-refractivity contribution in [1.82, 2.24) is 29.5 Å². The van der Waals surface area contributed by atoms with Crippen molar-refractivity contribution in [2.75, 3.05) is 5.32 Å². The van der Waals surface area contributed by atoms with Crippen LogP contribution in [0.3, 0.4) is 0 Å². The van der Waals surface area contributed by atoms with Gasteiger partial charge < -0.3 is 10.4 Å². The number of ketones is 1. The molecule has 1 aromatic carbocycles. The number of carbonyl (C=O) groups excluding carboxylic acids is 1. The van der Waals surface area contributed by atoms with Crippen LogP contribution in [0.1, 0.15) is 80.4 Å². The molecule has 0 aliphatic heterocycles. The number of carboxylic acids is 1. The number of carboxylic acid groups (broad SMARTS) is 1. The van der Waals surface area contributed by atoms with Gasteiger partial charge in [-0.15, -0.1) is 0 Å². The van der Waals surface area contributed by atoms with Gasteiger partial charge in [0, 0.05) is 30.6 Å². The zero-order chi connectivity index (χ0) is 29.1. The molecule has 0 unspecified atom stereocenters. The molecule has 4 aromatic rings. The quantitative estimate of drug-likeness (QED) is 0.242. The van der Waals surface area contributed by atoms with Crippen LogP contribution in [0.4, 0.5) is 11.6 Å². The van der Waals surface area contributed by atoms with Gasteiger partial charge in [0.2, 0.25) is 5.95 Å². The molecule has 0 bridgehead atoms. The normalized spacial score (nSPS) is 17.4. The van der Waals surface area contributed by atoms with Crippen molar-refractivity contribution in [1.29, 1.82) is 0 Å². The van der Waals surface area contributed by atoms with Crippen molar-refractivity contribution in [2.45, 2.75) is 77.8 Å². The predicted octanol–water partition coefficient (Wildman–Crippen LogP) is 5.98.